The fourth-order valence-electron chi connectivity index (χ4n) is 1.88. The van der Waals surface area contributed by atoms with Crippen molar-refractivity contribution in [2.75, 3.05) is 7.11 Å². The van der Waals surface area contributed by atoms with Crippen molar-refractivity contribution in [3.05, 3.63) is 52.7 Å². The molecule has 0 saturated heterocycles. The van der Waals surface area contributed by atoms with Crippen LogP contribution in [0.4, 0.5) is 0 Å². The number of aliphatic hydroxyl groups excluding tert-OH is 1. The molecule has 18 heavy (non-hydrogen) atoms. The highest BCUT2D eigenvalue weighted by molar-refractivity contribution is 5.35. The van der Waals surface area contributed by atoms with Gasteiger partial charge in [0.05, 0.1) is 12.8 Å². The second kappa shape index (κ2) is 5.14. The Morgan fingerprint density at radius 2 is 1.89 bits per heavy atom. The van der Waals surface area contributed by atoms with Crippen LogP contribution in [0.25, 0.3) is 0 Å². The molecule has 1 aromatic carbocycles. The molecule has 1 N–H and O–H groups in total. The predicted octanol–water partition coefficient (Wildman–Crippen LogP) is 2.18. The summed E-state index contributed by atoms with van der Waals surface area (Å²) in [6.45, 7) is 4.00. The summed E-state index contributed by atoms with van der Waals surface area (Å²) < 4.78 is 4.94. The third-order valence-corrected chi connectivity index (χ3v) is 2.87. The lowest BCUT2D eigenvalue weighted by atomic mass is 9.99. The van der Waals surface area contributed by atoms with Crippen LogP contribution in [0.3, 0.4) is 0 Å². The monoisotopic (exact) mass is 244 g/mol. The minimum Gasteiger partial charge on any atom is -0.480 e. The van der Waals surface area contributed by atoms with E-state index < -0.39 is 6.10 Å². The zero-order valence-corrected chi connectivity index (χ0v) is 10.7. The summed E-state index contributed by atoms with van der Waals surface area (Å²) in [6.07, 6.45) is -0.760. The first-order chi connectivity index (χ1) is 8.61. The number of benzene rings is 1. The number of aliphatic hydroxyl groups is 1. The number of ether oxygens (including phenoxy) is 1. The Kier molecular flexibility index (Phi) is 3.58. The van der Waals surface area contributed by atoms with Crippen molar-refractivity contribution in [2.45, 2.75) is 20.0 Å². The van der Waals surface area contributed by atoms with E-state index >= 15 is 0 Å². The van der Waals surface area contributed by atoms with Gasteiger partial charge in [-0.15, -0.1) is 10.2 Å². The minimum absolute atomic E-state index is 0.437. The molecule has 1 atom stereocenters. The molecule has 0 aliphatic rings. The number of hydrogen-bond acceptors (Lipinski definition) is 4. The van der Waals surface area contributed by atoms with Crippen molar-refractivity contribution in [3.8, 4) is 5.88 Å². The van der Waals surface area contributed by atoms with E-state index in [1.807, 2.05) is 32.0 Å². The Morgan fingerprint density at radius 3 is 2.44 bits per heavy atom. The van der Waals surface area contributed by atoms with Crippen molar-refractivity contribution >= 4 is 0 Å². The van der Waals surface area contributed by atoms with Crippen molar-refractivity contribution in [2.24, 2.45) is 0 Å². The molecule has 0 amide bonds. The molecule has 1 heterocycles. The molecule has 1 unspecified atom stereocenters. The number of methoxy groups -OCH3 is 1. The smallest absolute Gasteiger partial charge is 0.233 e. The van der Waals surface area contributed by atoms with Gasteiger partial charge in [-0.1, -0.05) is 23.8 Å². The fraction of sp³-hybridized carbons (Fsp3) is 0.286. The fourth-order valence-corrected chi connectivity index (χ4v) is 1.88. The molecular formula is C14H16N2O2. The van der Waals surface area contributed by atoms with Crippen molar-refractivity contribution in [1.29, 1.82) is 0 Å². The third kappa shape index (κ3) is 2.49. The quantitative estimate of drug-likeness (QED) is 0.899. The van der Waals surface area contributed by atoms with Gasteiger partial charge in [0.2, 0.25) is 5.88 Å². The molecule has 4 nitrogen and oxygen atoms in total. The second-order valence-corrected chi connectivity index (χ2v) is 4.26. The summed E-state index contributed by atoms with van der Waals surface area (Å²) in [4.78, 5) is 0. The molecule has 0 aliphatic heterocycles. The first-order valence-corrected chi connectivity index (χ1v) is 5.74. The molecule has 0 spiro atoms. The van der Waals surface area contributed by atoms with Gasteiger partial charge >= 0.3 is 0 Å². The lowest BCUT2D eigenvalue weighted by Gasteiger charge is -2.13. The van der Waals surface area contributed by atoms with E-state index in [4.69, 9.17) is 4.74 Å². The number of rotatable bonds is 3. The average Bonchev–Trinajstić information content (AvgIpc) is 2.38. The number of nitrogens with zero attached hydrogens (tertiary/aromatic N) is 2. The first-order valence-electron chi connectivity index (χ1n) is 5.74. The number of hydrogen-bond donors (Lipinski definition) is 1. The van der Waals surface area contributed by atoms with E-state index in [0.717, 1.165) is 11.1 Å². The molecule has 0 fully saturated rings. The zero-order chi connectivity index (χ0) is 13.1. The Morgan fingerprint density at radius 1 is 1.11 bits per heavy atom. The van der Waals surface area contributed by atoms with Crippen molar-refractivity contribution in [3.63, 3.8) is 0 Å². The molecule has 0 aliphatic carbocycles. The molecule has 2 aromatic rings. The van der Waals surface area contributed by atoms with Gasteiger partial charge in [-0.25, -0.2) is 0 Å². The van der Waals surface area contributed by atoms with E-state index in [9.17, 15) is 5.11 Å². The molecule has 1 aromatic heterocycles. The Balaban J connectivity index is 2.31. The normalized spacial score (nSPS) is 12.2. The van der Waals surface area contributed by atoms with E-state index in [0.29, 0.717) is 11.6 Å². The van der Waals surface area contributed by atoms with Gasteiger partial charge in [0, 0.05) is 6.07 Å². The lowest BCUT2D eigenvalue weighted by Crippen LogP contribution is -2.06. The minimum atomic E-state index is -0.760. The summed E-state index contributed by atoms with van der Waals surface area (Å²) in [5.41, 5.74) is 3.58. The van der Waals surface area contributed by atoms with E-state index in [-0.39, 0.29) is 0 Å². The molecule has 4 heteroatoms. The van der Waals surface area contributed by atoms with E-state index in [1.165, 1.54) is 12.7 Å². The van der Waals surface area contributed by atoms with Gasteiger partial charge in [-0.05, 0) is 31.0 Å². The first kappa shape index (κ1) is 12.5. The van der Waals surface area contributed by atoms with Crippen LogP contribution in [0.2, 0.25) is 0 Å². The Hall–Kier alpha value is -1.94. The average molecular weight is 244 g/mol. The van der Waals surface area contributed by atoms with Crippen LogP contribution in [0.15, 0.2) is 30.3 Å². The van der Waals surface area contributed by atoms with Crippen LogP contribution in [-0.2, 0) is 0 Å². The summed E-state index contributed by atoms with van der Waals surface area (Å²) in [6, 6.07) is 9.34. The van der Waals surface area contributed by atoms with Gasteiger partial charge in [0.1, 0.15) is 6.10 Å². The van der Waals surface area contributed by atoms with Gasteiger partial charge in [-0.2, -0.15) is 0 Å². The highest BCUT2D eigenvalue weighted by Gasteiger charge is 2.14. The molecule has 0 radical (unpaired) electrons. The standard InChI is InChI=1S/C14H16N2O2/c1-9-4-5-11(10(2)8-9)14(17)12-6-7-13(18-3)16-15-12/h4-8,14,17H,1-3H3. The largest absolute Gasteiger partial charge is 0.480 e. The van der Waals surface area contributed by atoms with Crippen LogP contribution in [-0.4, -0.2) is 22.4 Å². The summed E-state index contributed by atoms with van der Waals surface area (Å²) >= 11 is 0. The molecule has 0 bridgehead atoms. The summed E-state index contributed by atoms with van der Waals surface area (Å²) in [5, 5.41) is 18.1. The van der Waals surface area contributed by atoms with E-state index in [1.54, 1.807) is 12.1 Å². The van der Waals surface area contributed by atoms with Gasteiger partial charge in [0.15, 0.2) is 0 Å². The van der Waals surface area contributed by atoms with E-state index in [2.05, 4.69) is 10.2 Å². The Bertz CT molecular complexity index is 538. The van der Waals surface area contributed by atoms with Crippen LogP contribution < -0.4 is 4.74 Å². The molecule has 94 valence electrons. The number of aryl methyl sites for hydroxylation is 2. The van der Waals surface area contributed by atoms with Crippen LogP contribution in [0.5, 0.6) is 5.88 Å². The van der Waals surface area contributed by atoms with Crippen LogP contribution in [0, 0.1) is 13.8 Å². The van der Waals surface area contributed by atoms with Crippen molar-refractivity contribution in [1.82, 2.24) is 10.2 Å². The number of aromatic nitrogens is 2. The maximum absolute atomic E-state index is 10.3. The van der Waals surface area contributed by atoms with Gasteiger partial charge in [-0.3, -0.25) is 0 Å². The lowest BCUT2D eigenvalue weighted by molar-refractivity contribution is 0.212. The molecular weight excluding hydrogens is 228 g/mol. The maximum Gasteiger partial charge on any atom is 0.233 e. The maximum atomic E-state index is 10.3. The summed E-state index contributed by atoms with van der Waals surface area (Å²) in [7, 11) is 1.53. The van der Waals surface area contributed by atoms with Gasteiger partial charge < -0.3 is 9.84 Å². The zero-order valence-electron chi connectivity index (χ0n) is 10.7. The summed E-state index contributed by atoms with van der Waals surface area (Å²) in [5.74, 6) is 0.437. The second-order valence-electron chi connectivity index (χ2n) is 4.26. The predicted molar refractivity (Wildman–Crippen MR) is 68.6 cm³/mol. The van der Waals surface area contributed by atoms with Crippen LogP contribution in [0.1, 0.15) is 28.5 Å². The van der Waals surface area contributed by atoms with Crippen LogP contribution >= 0.6 is 0 Å². The highest BCUT2D eigenvalue weighted by atomic mass is 16.5. The highest BCUT2D eigenvalue weighted by Crippen LogP contribution is 2.24. The molecule has 0 saturated carbocycles. The topological polar surface area (TPSA) is 55.2 Å². The molecule has 2 rings (SSSR count). The Labute approximate surface area is 106 Å². The van der Waals surface area contributed by atoms with Crippen molar-refractivity contribution < 1.29 is 9.84 Å². The SMILES string of the molecule is COc1ccc(C(O)c2ccc(C)cc2C)nn1. The van der Waals surface area contributed by atoms with Gasteiger partial charge in [0.25, 0.3) is 0 Å². The third-order valence-electron chi connectivity index (χ3n) is 2.87.